The third-order valence-electron chi connectivity index (χ3n) is 16.6. The van der Waals surface area contributed by atoms with Crippen LogP contribution >= 0.6 is 15.6 Å². The van der Waals surface area contributed by atoms with Gasteiger partial charge in [-0.05, 0) is 37.5 Å². The van der Waals surface area contributed by atoms with E-state index in [-0.39, 0.29) is 25.7 Å². The van der Waals surface area contributed by atoms with Gasteiger partial charge in [0.15, 0.2) is 12.2 Å². The number of aliphatic hydroxyl groups is 1. The Morgan fingerprint density at radius 3 is 0.854 bits per heavy atom. The Labute approximate surface area is 543 Å². The van der Waals surface area contributed by atoms with E-state index in [1.807, 2.05) is 0 Å². The highest BCUT2D eigenvalue weighted by Gasteiger charge is 2.30. The molecule has 0 fully saturated rings. The molecule has 0 aromatic rings. The van der Waals surface area contributed by atoms with Crippen molar-refractivity contribution in [3.63, 3.8) is 0 Å². The lowest BCUT2D eigenvalue weighted by molar-refractivity contribution is -0.161. The van der Waals surface area contributed by atoms with Crippen LogP contribution in [0.5, 0.6) is 0 Å². The van der Waals surface area contributed by atoms with E-state index >= 15 is 0 Å². The number of hydrogen-bond donors (Lipinski definition) is 3. The first kappa shape index (κ1) is 87.1. The molecular weight excluding hydrogens is 1170 g/mol. The van der Waals surface area contributed by atoms with E-state index in [0.717, 1.165) is 108 Å². The Bertz CT molecular complexity index is 1740. The van der Waals surface area contributed by atoms with Crippen LogP contribution < -0.4 is 0 Å². The molecule has 19 heteroatoms. The Morgan fingerprint density at radius 1 is 0.326 bits per heavy atom. The summed E-state index contributed by atoms with van der Waals surface area (Å²) in [5.74, 6) is -0.685. The first-order valence-electron chi connectivity index (χ1n) is 36.5. The highest BCUT2D eigenvalue weighted by Crippen LogP contribution is 2.45. The average molecular weight is 1310 g/mol. The van der Waals surface area contributed by atoms with Crippen LogP contribution in [0, 0.1) is 11.8 Å². The van der Waals surface area contributed by atoms with Crippen molar-refractivity contribution in [3.05, 3.63) is 0 Å². The van der Waals surface area contributed by atoms with Gasteiger partial charge in [0.05, 0.1) is 26.4 Å². The largest absolute Gasteiger partial charge is 0.472 e. The van der Waals surface area contributed by atoms with Crippen molar-refractivity contribution < 1.29 is 80.2 Å². The van der Waals surface area contributed by atoms with Gasteiger partial charge in [-0.2, -0.15) is 0 Å². The molecule has 17 nitrogen and oxygen atoms in total. The van der Waals surface area contributed by atoms with Crippen molar-refractivity contribution in [2.75, 3.05) is 39.6 Å². The molecule has 0 saturated heterocycles. The molecule has 89 heavy (non-hydrogen) atoms. The van der Waals surface area contributed by atoms with Gasteiger partial charge in [-0.25, -0.2) is 9.13 Å². The Morgan fingerprint density at radius 2 is 0.573 bits per heavy atom. The van der Waals surface area contributed by atoms with Gasteiger partial charge in [-0.15, -0.1) is 0 Å². The number of aliphatic hydroxyl groups excluding tert-OH is 1. The predicted molar refractivity (Wildman–Crippen MR) is 358 cm³/mol. The summed E-state index contributed by atoms with van der Waals surface area (Å²) in [4.78, 5) is 72.4. The second kappa shape index (κ2) is 62.2. The zero-order valence-electron chi connectivity index (χ0n) is 57.7. The molecule has 0 aromatic carbocycles. The van der Waals surface area contributed by atoms with Crippen molar-refractivity contribution in [2.24, 2.45) is 11.8 Å². The molecule has 0 aliphatic heterocycles. The summed E-state index contributed by atoms with van der Waals surface area (Å²) in [6, 6.07) is 0. The maximum absolute atomic E-state index is 13.0. The van der Waals surface area contributed by atoms with Crippen LogP contribution in [0.15, 0.2) is 0 Å². The number of hydrogen-bond acceptors (Lipinski definition) is 15. The quantitative estimate of drug-likeness (QED) is 0.0222. The normalized spacial score (nSPS) is 14.4. The van der Waals surface area contributed by atoms with Crippen LogP contribution in [-0.4, -0.2) is 96.7 Å². The zero-order chi connectivity index (χ0) is 65.7. The molecule has 528 valence electrons. The van der Waals surface area contributed by atoms with Gasteiger partial charge in [0.2, 0.25) is 0 Å². The molecule has 3 N–H and O–H groups in total. The van der Waals surface area contributed by atoms with Crippen LogP contribution in [-0.2, 0) is 65.4 Å². The molecule has 0 spiro atoms. The monoisotopic (exact) mass is 1310 g/mol. The Hall–Kier alpha value is -1.94. The van der Waals surface area contributed by atoms with Gasteiger partial charge in [0.25, 0.3) is 0 Å². The average Bonchev–Trinajstić information content (AvgIpc) is 3.72. The molecule has 0 heterocycles. The van der Waals surface area contributed by atoms with E-state index in [9.17, 15) is 43.2 Å². The van der Waals surface area contributed by atoms with Gasteiger partial charge in [0, 0.05) is 25.7 Å². The summed E-state index contributed by atoms with van der Waals surface area (Å²) >= 11 is 0. The van der Waals surface area contributed by atoms with Crippen molar-refractivity contribution in [1.29, 1.82) is 0 Å². The molecule has 0 aliphatic rings. The van der Waals surface area contributed by atoms with Crippen molar-refractivity contribution >= 4 is 39.5 Å². The summed E-state index contributed by atoms with van der Waals surface area (Å²) in [5, 5.41) is 10.6. The summed E-state index contributed by atoms with van der Waals surface area (Å²) in [5.41, 5.74) is 0. The van der Waals surface area contributed by atoms with Gasteiger partial charge >= 0.3 is 39.5 Å². The molecule has 0 bridgehead atoms. The Kier molecular flexibility index (Phi) is 60.8. The fraction of sp³-hybridized carbons (Fsp3) is 0.943. The van der Waals surface area contributed by atoms with E-state index in [4.69, 9.17) is 37.0 Å². The fourth-order valence-electron chi connectivity index (χ4n) is 10.6. The SMILES string of the molecule is CCCCCCCCCCCCCCCCCCCCCCC(=O)O[C@H](COC(=O)CCCCCCCCCCC(C)C)COP(=O)(O)OC[C@@H](O)COP(=O)(O)OC[C@@H](COC(=O)CCCCCCCCCC)OC(=O)CCCCCCCCC(C)CC. The van der Waals surface area contributed by atoms with Crippen molar-refractivity contribution in [1.82, 2.24) is 0 Å². The molecular formula is C70H136O17P2. The molecule has 6 atom stereocenters. The lowest BCUT2D eigenvalue weighted by Gasteiger charge is -2.21. The fourth-order valence-corrected chi connectivity index (χ4v) is 12.1. The van der Waals surface area contributed by atoms with Gasteiger partial charge in [-0.1, -0.05) is 305 Å². The molecule has 0 saturated carbocycles. The number of ether oxygens (including phenoxy) is 4. The van der Waals surface area contributed by atoms with Crippen LogP contribution in [0.2, 0.25) is 0 Å². The van der Waals surface area contributed by atoms with Crippen LogP contribution in [0.1, 0.15) is 356 Å². The summed E-state index contributed by atoms with van der Waals surface area (Å²) in [6.07, 6.45) is 47.5. The van der Waals surface area contributed by atoms with Crippen LogP contribution in [0.25, 0.3) is 0 Å². The highest BCUT2D eigenvalue weighted by molar-refractivity contribution is 7.47. The van der Waals surface area contributed by atoms with E-state index in [0.29, 0.717) is 25.7 Å². The minimum absolute atomic E-state index is 0.103. The second-order valence-corrected chi connectivity index (χ2v) is 28.9. The standard InChI is InChI=1S/C70H136O17P2/c1-7-10-12-14-16-18-19-20-21-22-23-24-25-26-27-28-29-35-42-48-54-69(74)86-65(58-81-68(73)53-47-41-34-31-30-32-38-44-50-62(4)5)60-84-88(76,77)82-56-64(71)57-83-89(78,79)85-61-66(59-80-67(72)52-46-40-33-17-15-13-11-8-2)87-70(75)55-49-43-37-36-39-45-51-63(6)9-3/h62-66,71H,7-61H2,1-6H3,(H,76,77)(H,78,79)/t63?,64-,65-,66-/m1/s1. The first-order chi connectivity index (χ1) is 42.9. The second-order valence-electron chi connectivity index (χ2n) is 26.0. The molecule has 0 radical (unpaired) electrons. The number of esters is 4. The number of rotatable bonds is 69. The van der Waals surface area contributed by atoms with E-state index in [1.54, 1.807) is 0 Å². The Balaban J connectivity index is 5.16. The maximum Gasteiger partial charge on any atom is 0.472 e. The smallest absolute Gasteiger partial charge is 0.462 e. The predicted octanol–water partition coefficient (Wildman–Crippen LogP) is 20.0. The molecule has 0 aliphatic carbocycles. The van der Waals surface area contributed by atoms with E-state index in [2.05, 4.69) is 41.5 Å². The lowest BCUT2D eigenvalue weighted by Crippen LogP contribution is -2.30. The third kappa shape index (κ3) is 63.2. The van der Waals surface area contributed by atoms with Crippen LogP contribution in [0.3, 0.4) is 0 Å². The third-order valence-corrected chi connectivity index (χ3v) is 18.5. The van der Waals surface area contributed by atoms with E-state index < -0.39 is 97.5 Å². The number of unbranched alkanes of at least 4 members (excludes halogenated alkanes) is 38. The minimum atomic E-state index is -4.95. The summed E-state index contributed by atoms with van der Waals surface area (Å²) in [7, 11) is -9.89. The molecule has 3 unspecified atom stereocenters. The van der Waals surface area contributed by atoms with Crippen molar-refractivity contribution in [3.8, 4) is 0 Å². The summed E-state index contributed by atoms with van der Waals surface area (Å²) < 4.78 is 68.2. The van der Waals surface area contributed by atoms with Crippen molar-refractivity contribution in [2.45, 2.75) is 374 Å². The molecule has 0 aromatic heterocycles. The van der Waals surface area contributed by atoms with Gasteiger partial charge < -0.3 is 33.8 Å². The van der Waals surface area contributed by atoms with Gasteiger partial charge in [0.1, 0.15) is 19.3 Å². The topological polar surface area (TPSA) is 237 Å². The lowest BCUT2D eigenvalue weighted by atomic mass is 10.00. The van der Waals surface area contributed by atoms with Crippen LogP contribution in [0.4, 0.5) is 0 Å². The highest BCUT2D eigenvalue weighted by atomic mass is 31.2. The zero-order valence-corrected chi connectivity index (χ0v) is 59.5. The number of phosphoric ester groups is 2. The number of carbonyl (C=O) groups is 4. The van der Waals surface area contributed by atoms with E-state index in [1.165, 1.54) is 167 Å². The first-order valence-corrected chi connectivity index (χ1v) is 39.5. The molecule has 0 rings (SSSR count). The maximum atomic E-state index is 13.0. The number of carbonyl (C=O) groups excluding carboxylic acids is 4. The molecule has 0 amide bonds. The number of phosphoric acid groups is 2. The van der Waals surface area contributed by atoms with Gasteiger partial charge in [-0.3, -0.25) is 37.3 Å². The minimum Gasteiger partial charge on any atom is -0.462 e. The summed E-state index contributed by atoms with van der Waals surface area (Å²) in [6.45, 7) is 9.43.